The smallest absolute Gasteiger partial charge is 0.410 e. The summed E-state index contributed by atoms with van der Waals surface area (Å²) in [6.45, 7) is 8.58. The van der Waals surface area contributed by atoms with E-state index < -0.39 is 5.60 Å². The first-order chi connectivity index (χ1) is 12.8. The Kier molecular flexibility index (Phi) is 9.97. The van der Waals surface area contributed by atoms with Gasteiger partial charge in [-0.1, -0.05) is 0 Å². The molecule has 0 aromatic carbocycles. The quantitative estimate of drug-likeness (QED) is 0.360. The molecule has 1 aromatic rings. The van der Waals surface area contributed by atoms with Crippen molar-refractivity contribution in [2.45, 2.75) is 52.2 Å². The van der Waals surface area contributed by atoms with E-state index in [9.17, 15) is 4.79 Å². The number of hydrogen-bond acceptors (Lipinski definition) is 5. The zero-order valence-electron chi connectivity index (χ0n) is 17.6. The highest BCUT2D eigenvalue weighted by Crippen LogP contribution is 2.21. The molecular formula is C18H34IN7O2. The number of hydrogen-bond donors (Lipinski definition) is 2. The van der Waals surface area contributed by atoms with Crippen molar-refractivity contribution in [2.24, 2.45) is 18.0 Å². The molecule has 1 atom stereocenters. The SMILES string of the molecule is CN=C(NCCC1CCCN(C(=O)OC(C)(C)C)C1)NCc1ncnn1C.I. The third-order valence-corrected chi connectivity index (χ3v) is 4.46. The lowest BCUT2D eigenvalue weighted by Gasteiger charge is -2.34. The van der Waals surface area contributed by atoms with Gasteiger partial charge in [0.25, 0.3) is 0 Å². The van der Waals surface area contributed by atoms with Crippen LogP contribution in [0.2, 0.25) is 0 Å². The first-order valence-electron chi connectivity index (χ1n) is 9.54. The van der Waals surface area contributed by atoms with Gasteiger partial charge in [-0.2, -0.15) is 5.10 Å². The van der Waals surface area contributed by atoms with E-state index >= 15 is 0 Å². The van der Waals surface area contributed by atoms with Crippen LogP contribution < -0.4 is 10.6 Å². The number of ether oxygens (including phenoxy) is 1. The van der Waals surface area contributed by atoms with Crippen molar-refractivity contribution in [3.8, 4) is 0 Å². The Morgan fingerprint density at radius 3 is 2.75 bits per heavy atom. The lowest BCUT2D eigenvalue weighted by atomic mass is 9.95. The lowest BCUT2D eigenvalue weighted by molar-refractivity contribution is 0.0162. The summed E-state index contributed by atoms with van der Waals surface area (Å²) < 4.78 is 7.22. The molecule has 1 aliphatic heterocycles. The number of rotatable bonds is 5. The molecule has 1 unspecified atom stereocenters. The molecule has 160 valence electrons. The minimum atomic E-state index is -0.452. The van der Waals surface area contributed by atoms with Gasteiger partial charge in [0, 0.05) is 33.7 Å². The maximum Gasteiger partial charge on any atom is 0.410 e. The fourth-order valence-electron chi connectivity index (χ4n) is 3.05. The fraction of sp³-hybridized carbons (Fsp3) is 0.778. The number of amides is 1. The summed E-state index contributed by atoms with van der Waals surface area (Å²) in [5, 5.41) is 10.6. The van der Waals surface area contributed by atoms with Crippen molar-refractivity contribution in [2.75, 3.05) is 26.7 Å². The predicted molar refractivity (Wildman–Crippen MR) is 120 cm³/mol. The van der Waals surface area contributed by atoms with Crippen LogP contribution >= 0.6 is 24.0 Å². The summed E-state index contributed by atoms with van der Waals surface area (Å²) in [5.41, 5.74) is -0.452. The number of likely N-dealkylation sites (tertiary alicyclic amines) is 1. The first kappa shape index (κ1) is 24.4. The summed E-state index contributed by atoms with van der Waals surface area (Å²) >= 11 is 0. The predicted octanol–water partition coefficient (Wildman–Crippen LogP) is 2.14. The van der Waals surface area contributed by atoms with Gasteiger partial charge < -0.3 is 20.3 Å². The Morgan fingerprint density at radius 2 is 2.14 bits per heavy atom. The third kappa shape index (κ3) is 8.19. The van der Waals surface area contributed by atoms with Gasteiger partial charge in [-0.05, 0) is 46.0 Å². The molecule has 1 saturated heterocycles. The van der Waals surface area contributed by atoms with Gasteiger partial charge in [-0.25, -0.2) is 9.78 Å². The molecule has 2 heterocycles. The van der Waals surface area contributed by atoms with Crippen molar-refractivity contribution >= 4 is 36.0 Å². The largest absolute Gasteiger partial charge is 0.444 e. The second-order valence-electron chi connectivity index (χ2n) is 7.88. The maximum atomic E-state index is 12.3. The van der Waals surface area contributed by atoms with Crippen LogP contribution in [-0.2, 0) is 18.3 Å². The molecule has 1 aromatic heterocycles. The Hall–Kier alpha value is -1.59. The van der Waals surface area contributed by atoms with E-state index in [1.54, 1.807) is 11.7 Å². The Labute approximate surface area is 184 Å². The second-order valence-corrected chi connectivity index (χ2v) is 7.88. The highest BCUT2D eigenvalue weighted by Gasteiger charge is 2.27. The molecular weight excluding hydrogens is 473 g/mol. The number of carbonyl (C=O) groups excluding carboxylic acids is 1. The summed E-state index contributed by atoms with van der Waals surface area (Å²) in [7, 11) is 3.61. The average molecular weight is 507 g/mol. The van der Waals surface area contributed by atoms with Gasteiger partial charge in [0.2, 0.25) is 0 Å². The van der Waals surface area contributed by atoms with E-state index in [4.69, 9.17) is 4.74 Å². The van der Waals surface area contributed by atoms with Gasteiger partial charge in [0.1, 0.15) is 17.8 Å². The topological polar surface area (TPSA) is 96.7 Å². The van der Waals surface area contributed by atoms with Crippen LogP contribution in [0.15, 0.2) is 11.3 Å². The van der Waals surface area contributed by atoms with Gasteiger partial charge in [0.05, 0.1) is 6.54 Å². The Morgan fingerprint density at radius 1 is 1.39 bits per heavy atom. The highest BCUT2D eigenvalue weighted by atomic mass is 127. The van der Waals surface area contributed by atoms with Crippen LogP contribution in [0.25, 0.3) is 0 Å². The first-order valence-corrected chi connectivity index (χ1v) is 9.54. The molecule has 0 radical (unpaired) electrons. The number of piperidine rings is 1. The number of aromatic nitrogens is 3. The normalized spacial score (nSPS) is 17.7. The molecule has 1 amide bonds. The fourth-order valence-corrected chi connectivity index (χ4v) is 3.05. The zero-order chi connectivity index (χ0) is 19.9. The van der Waals surface area contributed by atoms with Gasteiger partial charge in [-0.15, -0.1) is 24.0 Å². The van der Waals surface area contributed by atoms with E-state index in [0.717, 1.165) is 50.7 Å². The molecule has 28 heavy (non-hydrogen) atoms. The standard InChI is InChI=1S/C18H33N7O2.HI/c1-18(2,3)27-17(26)25-10-6-7-14(12-25)8-9-20-16(19-4)21-11-15-22-13-23-24(15)5;/h13-14H,6-12H2,1-5H3,(H2,19,20,21);1H. The minimum Gasteiger partial charge on any atom is -0.444 e. The second kappa shape index (κ2) is 11.4. The van der Waals surface area contributed by atoms with E-state index in [0.29, 0.717) is 12.5 Å². The number of carbonyl (C=O) groups is 1. The Bertz CT molecular complexity index is 642. The number of aliphatic imine (C=N–C) groups is 1. The molecule has 9 nitrogen and oxygen atoms in total. The summed E-state index contributed by atoms with van der Waals surface area (Å²) in [6.07, 6.45) is 4.45. The molecule has 1 aliphatic rings. The molecule has 0 saturated carbocycles. The summed E-state index contributed by atoms with van der Waals surface area (Å²) in [4.78, 5) is 22.5. The summed E-state index contributed by atoms with van der Waals surface area (Å²) in [6, 6.07) is 0. The third-order valence-electron chi connectivity index (χ3n) is 4.46. The average Bonchev–Trinajstić information content (AvgIpc) is 3.01. The van der Waals surface area contributed by atoms with Crippen LogP contribution in [0.3, 0.4) is 0 Å². The molecule has 0 aliphatic carbocycles. The summed E-state index contributed by atoms with van der Waals surface area (Å²) in [5.74, 6) is 2.05. The molecule has 0 spiro atoms. The van der Waals surface area contributed by atoms with Crippen molar-refractivity contribution in [1.29, 1.82) is 0 Å². The number of nitrogens with zero attached hydrogens (tertiary/aromatic N) is 5. The van der Waals surface area contributed by atoms with Crippen LogP contribution in [0.4, 0.5) is 4.79 Å². The number of aryl methyl sites for hydroxylation is 1. The monoisotopic (exact) mass is 507 g/mol. The maximum absolute atomic E-state index is 12.3. The lowest BCUT2D eigenvalue weighted by Crippen LogP contribution is -2.44. The van der Waals surface area contributed by atoms with E-state index in [1.165, 1.54) is 6.33 Å². The van der Waals surface area contributed by atoms with Crippen LogP contribution in [-0.4, -0.2) is 64.0 Å². The minimum absolute atomic E-state index is 0. The number of halogens is 1. The molecule has 0 bridgehead atoms. The van der Waals surface area contributed by atoms with Gasteiger partial charge >= 0.3 is 6.09 Å². The van der Waals surface area contributed by atoms with Crippen molar-refractivity contribution in [1.82, 2.24) is 30.3 Å². The molecule has 10 heteroatoms. The van der Waals surface area contributed by atoms with Crippen LogP contribution in [0.5, 0.6) is 0 Å². The zero-order valence-corrected chi connectivity index (χ0v) is 19.9. The Balaban J connectivity index is 0.00000392. The van der Waals surface area contributed by atoms with Crippen LogP contribution in [0.1, 0.15) is 45.9 Å². The van der Waals surface area contributed by atoms with E-state index in [-0.39, 0.29) is 30.1 Å². The van der Waals surface area contributed by atoms with Crippen molar-refractivity contribution in [3.63, 3.8) is 0 Å². The highest BCUT2D eigenvalue weighted by molar-refractivity contribution is 14.0. The van der Waals surface area contributed by atoms with Crippen molar-refractivity contribution in [3.05, 3.63) is 12.2 Å². The van der Waals surface area contributed by atoms with Gasteiger partial charge in [0.15, 0.2) is 5.96 Å². The van der Waals surface area contributed by atoms with Crippen LogP contribution in [0, 0.1) is 5.92 Å². The van der Waals surface area contributed by atoms with E-state index in [1.807, 2.05) is 32.7 Å². The molecule has 1 fully saturated rings. The number of guanidine groups is 1. The number of nitrogens with one attached hydrogen (secondary N) is 2. The van der Waals surface area contributed by atoms with Gasteiger partial charge in [-0.3, -0.25) is 9.67 Å². The molecule has 2 rings (SSSR count). The molecule has 2 N–H and O–H groups in total. The van der Waals surface area contributed by atoms with E-state index in [2.05, 4.69) is 25.7 Å². The van der Waals surface area contributed by atoms with Crippen molar-refractivity contribution < 1.29 is 9.53 Å².